The van der Waals surface area contributed by atoms with E-state index in [0.29, 0.717) is 4.43 Å². The minimum atomic E-state index is -4.43. The van der Waals surface area contributed by atoms with Gasteiger partial charge in [-0.25, -0.2) is 0 Å². The molecule has 1 atom stereocenters. The molecule has 1 aromatic carbocycles. The van der Waals surface area contributed by atoms with Crippen molar-refractivity contribution in [3.8, 4) is 0 Å². The van der Waals surface area contributed by atoms with Crippen LogP contribution in [-0.2, 0) is 15.8 Å². The van der Waals surface area contributed by atoms with Crippen LogP contribution in [0.5, 0.6) is 0 Å². The van der Waals surface area contributed by atoms with Gasteiger partial charge in [-0.05, 0) is 24.3 Å². The monoisotopic (exact) mass is 383 g/mol. The maximum absolute atomic E-state index is 12.4. The summed E-state index contributed by atoms with van der Waals surface area (Å²) in [5.41, 5.74) is -0.615. The fourth-order valence-electron chi connectivity index (χ4n) is 1.89. The van der Waals surface area contributed by atoms with E-state index in [1.165, 1.54) is 0 Å². The van der Waals surface area contributed by atoms with Crippen molar-refractivity contribution in [1.29, 1.82) is 0 Å². The van der Waals surface area contributed by atoms with Gasteiger partial charge in [-0.15, -0.1) is 0 Å². The van der Waals surface area contributed by atoms with Gasteiger partial charge in [0.2, 0.25) is 11.8 Å². The Hall–Kier alpha value is -1.12. The van der Waals surface area contributed by atoms with Crippen molar-refractivity contribution in [2.24, 2.45) is 5.92 Å². The Labute approximate surface area is 120 Å². The average Bonchev–Trinajstić information content (AvgIpc) is 2.63. The molecule has 1 fully saturated rings. The highest BCUT2D eigenvalue weighted by Crippen LogP contribution is 2.32. The number of hydrogen-bond donors (Lipinski definition) is 0. The summed E-state index contributed by atoms with van der Waals surface area (Å²) in [5.74, 6) is -1.10. The SMILES string of the molecule is O=C1CC(CI)C(=O)N1c1ccc(C(F)(F)F)cc1. The van der Waals surface area contributed by atoms with E-state index in [2.05, 4.69) is 0 Å². The number of anilines is 1. The molecule has 0 saturated carbocycles. The van der Waals surface area contributed by atoms with E-state index in [0.717, 1.165) is 29.2 Å². The molecule has 7 heteroatoms. The number of halogens is 4. The molecule has 1 aliphatic heterocycles. The van der Waals surface area contributed by atoms with Gasteiger partial charge in [0.05, 0.1) is 17.2 Å². The van der Waals surface area contributed by atoms with E-state index in [-0.39, 0.29) is 29.8 Å². The number of carbonyl (C=O) groups is 2. The molecule has 3 nitrogen and oxygen atoms in total. The summed E-state index contributed by atoms with van der Waals surface area (Å²) in [4.78, 5) is 24.6. The molecule has 1 unspecified atom stereocenters. The van der Waals surface area contributed by atoms with Crippen LogP contribution in [0.4, 0.5) is 18.9 Å². The Morgan fingerprint density at radius 1 is 1.21 bits per heavy atom. The lowest BCUT2D eigenvalue weighted by Gasteiger charge is -2.15. The molecule has 0 N–H and O–H groups in total. The van der Waals surface area contributed by atoms with Gasteiger partial charge in [-0.3, -0.25) is 14.5 Å². The first-order valence-electron chi connectivity index (χ1n) is 5.44. The highest BCUT2D eigenvalue weighted by molar-refractivity contribution is 14.1. The number of alkyl halides is 4. The molecule has 1 aliphatic rings. The van der Waals surface area contributed by atoms with Crippen molar-refractivity contribution in [2.75, 3.05) is 9.33 Å². The molecular formula is C12H9F3INO2. The van der Waals surface area contributed by atoms with Crippen molar-refractivity contribution in [2.45, 2.75) is 12.6 Å². The maximum Gasteiger partial charge on any atom is 0.416 e. The molecule has 19 heavy (non-hydrogen) atoms. The van der Waals surface area contributed by atoms with Crippen LogP contribution in [0.15, 0.2) is 24.3 Å². The topological polar surface area (TPSA) is 37.4 Å². The van der Waals surface area contributed by atoms with E-state index < -0.39 is 11.7 Å². The quantitative estimate of drug-likeness (QED) is 0.448. The Morgan fingerprint density at radius 3 is 2.21 bits per heavy atom. The molecule has 0 aromatic heterocycles. The van der Waals surface area contributed by atoms with Crippen LogP contribution in [-0.4, -0.2) is 16.2 Å². The lowest BCUT2D eigenvalue weighted by Crippen LogP contribution is -2.30. The summed E-state index contributed by atoms with van der Waals surface area (Å²) in [7, 11) is 0. The third-order valence-corrected chi connectivity index (χ3v) is 3.94. The Balaban J connectivity index is 2.28. The van der Waals surface area contributed by atoms with Crippen LogP contribution in [0.3, 0.4) is 0 Å². The van der Waals surface area contributed by atoms with Crippen LogP contribution < -0.4 is 4.90 Å². The molecule has 1 saturated heterocycles. The van der Waals surface area contributed by atoms with Gasteiger partial charge in [-0.2, -0.15) is 13.2 Å². The summed E-state index contributed by atoms with van der Waals surface area (Å²) >= 11 is 2.01. The van der Waals surface area contributed by atoms with Gasteiger partial charge < -0.3 is 0 Å². The first kappa shape index (κ1) is 14.3. The molecule has 0 radical (unpaired) electrons. The lowest BCUT2D eigenvalue weighted by molar-refractivity contribution is -0.137. The van der Waals surface area contributed by atoms with E-state index >= 15 is 0 Å². The van der Waals surface area contributed by atoms with Crippen molar-refractivity contribution in [3.63, 3.8) is 0 Å². The third-order valence-electron chi connectivity index (χ3n) is 2.88. The summed E-state index contributed by atoms with van der Waals surface area (Å²) < 4.78 is 37.8. The molecule has 0 spiro atoms. The van der Waals surface area contributed by atoms with Gasteiger partial charge in [0.1, 0.15) is 0 Å². The van der Waals surface area contributed by atoms with Gasteiger partial charge in [-0.1, -0.05) is 22.6 Å². The van der Waals surface area contributed by atoms with Crippen LogP contribution in [0, 0.1) is 5.92 Å². The van der Waals surface area contributed by atoms with Crippen molar-refractivity contribution in [3.05, 3.63) is 29.8 Å². The van der Waals surface area contributed by atoms with Gasteiger partial charge in [0.15, 0.2) is 0 Å². The zero-order valence-corrected chi connectivity index (χ0v) is 11.7. The standard InChI is InChI=1S/C12H9F3INO2/c13-12(14,15)8-1-3-9(4-2-8)17-10(18)5-7(6-16)11(17)19/h1-4,7H,5-6H2. The first-order chi connectivity index (χ1) is 8.84. The second-order valence-electron chi connectivity index (χ2n) is 4.17. The predicted octanol–water partition coefficient (Wildman–Crippen LogP) is 3.02. The largest absolute Gasteiger partial charge is 0.416 e. The van der Waals surface area contributed by atoms with Crippen LogP contribution >= 0.6 is 22.6 Å². The van der Waals surface area contributed by atoms with E-state index in [1.807, 2.05) is 22.6 Å². The number of imide groups is 1. The second-order valence-corrected chi connectivity index (χ2v) is 5.05. The fourth-order valence-corrected chi connectivity index (χ4v) is 2.57. The molecule has 2 amide bonds. The van der Waals surface area contributed by atoms with Gasteiger partial charge in [0, 0.05) is 10.8 Å². The number of hydrogen-bond acceptors (Lipinski definition) is 2. The Morgan fingerprint density at radius 2 is 1.79 bits per heavy atom. The minimum absolute atomic E-state index is 0.114. The summed E-state index contributed by atoms with van der Waals surface area (Å²) in [5, 5.41) is 0. The van der Waals surface area contributed by atoms with Crippen molar-refractivity contribution < 1.29 is 22.8 Å². The van der Waals surface area contributed by atoms with Crippen molar-refractivity contribution >= 4 is 40.1 Å². The number of nitrogens with zero attached hydrogens (tertiary/aromatic N) is 1. The number of benzene rings is 1. The molecule has 1 heterocycles. The highest BCUT2D eigenvalue weighted by atomic mass is 127. The molecule has 0 bridgehead atoms. The Bertz CT molecular complexity index is 513. The predicted molar refractivity (Wildman–Crippen MR) is 70.9 cm³/mol. The highest BCUT2D eigenvalue weighted by Gasteiger charge is 2.39. The smallest absolute Gasteiger partial charge is 0.274 e. The lowest BCUT2D eigenvalue weighted by atomic mass is 10.1. The number of amides is 2. The minimum Gasteiger partial charge on any atom is -0.274 e. The number of carbonyl (C=O) groups excluding carboxylic acids is 2. The Kier molecular flexibility index (Phi) is 3.84. The van der Waals surface area contributed by atoms with Crippen LogP contribution in [0.25, 0.3) is 0 Å². The van der Waals surface area contributed by atoms with Gasteiger partial charge in [0.25, 0.3) is 0 Å². The van der Waals surface area contributed by atoms with E-state index in [1.54, 1.807) is 0 Å². The molecule has 2 rings (SSSR count). The van der Waals surface area contributed by atoms with Crippen LogP contribution in [0.1, 0.15) is 12.0 Å². The summed E-state index contributed by atoms with van der Waals surface area (Å²) in [6.45, 7) is 0. The average molecular weight is 383 g/mol. The summed E-state index contributed by atoms with van der Waals surface area (Å²) in [6, 6.07) is 4.03. The van der Waals surface area contributed by atoms with Crippen molar-refractivity contribution in [1.82, 2.24) is 0 Å². The first-order valence-corrected chi connectivity index (χ1v) is 6.97. The van der Waals surface area contributed by atoms with Gasteiger partial charge >= 0.3 is 6.18 Å². The molecular weight excluding hydrogens is 374 g/mol. The normalized spacial score (nSPS) is 20.2. The number of rotatable bonds is 2. The summed E-state index contributed by atoms with van der Waals surface area (Å²) in [6.07, 6.45) is -4.31. The van der Waals surface area contributed by atoms with Crippen LogP contribution in [0.2, 0.25) is 0 Å². The third kappa shape index (κ3) is 2.75. The fraction of sp³-hybridized carbons (Fsp3) is 0.333. The maximum atomic E-state index is 12.4. The molecule has 1 aromatic rings. The zero-order chi connectivity index (χ0) is 14.2. The zero-order valence-electron chi connectivity index (χ0n) is 9.58. The molecule has 102 valence electrons. The molecule has 0 aliphatic carbocycles. The van der Waals surface area contributed by atoms with E-state index in [4.69, 9.17) is 0 Å². The second kappa shape index (κ2) is 5.10. The van der Waals surface area contributed by atoms with E-state index in [9.17, 15) is 22.8 Å².